The highest BCUT2D eigenvalue weighted by atomic mass is 79.9. The van der Waals surface area contributed by atoms with E-state index >= 15 is 0 Å². The number of rotatable bonds is 4. The van der Waals surface area contributed by atoms with Crippen molar-refractivity contribution in [1.82, 2.24) is 14.8 Å². The molecule has 7 heteroatoms. The van der Waals surface area contributed by atoms with Crippen molar-refractivity contribution in [1.29, 1.82) is 0 Å². The second-order valence-electron chi connectivity index (χ2n) is 4.86. The predicted octanol–water partition coefficient (Wildman–Crippen LogP) is 3.99. The van der Waals surface area contributed by atoms with E-state index in [9.17, 15) is 4.79 Å². The highest BCUT2D eigenvalue weighted by Crippen LogP contribution is 2.13. The van der Waals surface area contributed by atoms with Crippen LogP contribution in [0.4, 0.5) is 5.95 Å². The molecule has 0 radical (unpaired) electrons. The normalized spacial score (nSPS) is 10.5. The summed E-state index contributed by atoms with van der Waals surface area (Å²) in [7, 11) is 0. The Morgan fingerprint density at radius 3 is 2.74 bits per heavy atom. The van der Waals surface area contributed by atoms with Crippen LogP contribution in [0.25, 0.3) is 0 Å². The number of carbonyl (C=O) groups excluding carboxylic acids is 1. The monoisotopic (exact) mass is 390 g/mol. The molecular weight excluding hydrogens is 380 g/mol. The van der Waals surface area contributed by atoms with Gasteiger partial charge in [-0.1, -0.05) is 45.7 Å². The van der Waals surface area contributed by atoms with Crippen molar-refractivity contribution in [3.8, 4) is 0 Å². The van der Waals surface area contributed by atoms with Crippen LogP contribution in [0, 0.1) is 0 Å². The first-order valence-electron chi connectivity index (χ1n) is 6.81. The SMILES string of the molecule is O=C(Nc1ncn(Cc2ccc(Cl)cc2)n1)c1cccc(Br)c1. The van der Waals surface area contributed by atoms with Gasteiger partial charge in [0.2, 0.25) is 5.95 Å². The lowest BCUT2D eigenvalue weighted by Crippen LogP contribution is -2.13. The lowest BCUT2D eigenvalue weighted by atomic mass is 10.2. The summed E-state index contributed by atoms with van der Waals surface area (Å²) in [5, 5.41) is 7.61. The third kappa shape index (κ3) is 4.18. The van der Waals surface area contributed by atoms with Gasteiger partial charge in [0.25, 0.3) is 5.91 Å². The van der Waals surface area contributed by atoms with Crippen LogP contribution >= 0.6 is 27.5 Å². The topological polar surface area (TPSA) is 59.8 Å². The number of amides is 1. The molecule has 1 amide bonds. The van der Waals surface area contributed by atoms with Gasteiger partial charge in [0, 0.05) is 15.1 Å². The van der Waals surface area contributed by atoms with E-state index in [0.29, 0.717) is 17.1 Å². The van der Waals surface area contributed by atoms with Gasteiger partial charge in [-0.15, -0.1) is 5.10 Å². The van der Waals surface area contributed by atoms with Crippen molar-refractivity contribution < 1.29 is 4.79 Å². The van der Waals surface area contributed by atoms with E-state index in [1.54, 1.807) is 29.2 Å². The molecule has 0 aliphatic rings. The minimum absolute atomic E-state index is 0.254. The zero-order chi connectivity index (χ0) is 16.2. The quantitative estimate of drug-likeness (QED) is 0.731. The second-order valence-corrected chi connectivity index (χ2v) is 6.21. The number of halogens is 2. The molecule has 0 bridgehead atoms. The molecule has 5 nitrogen and oxygen atoms in total. The van der Waals surface area contributed by atoms with Gasteiger partial charge in [0.1, 0.15) is 6.33 Å². The molecule has 3 rings (SSSR count). The number of aromatic nitrogens is 3. The van der Waals surface area contributed by atoms with Gasteiger partial charge in [-0.3, -0.25) is 10.1 Å². The number of anilines is 1. The van der Waals surface area contributed by atoms with Crippen molar-refractivity contribution in [3.63, 3.8) is 0 Å². The summed E-state index contributed by atoms with van der Waals surface area (Å²) < 4.78 is 2.49. The minimum atomic E-state index is -0.254. The Labute approximate surface area is 146 Å². The maximum atomic E-state index is 12.1. The molecule has 0 aliphatic heterocycles. The smallest absolute Gasteiger partial charge is 0.258 e. The van der Waals surface area contributed by atoms with E-state index in [2.05, 4.69) is 31.3 Å². The number of benzene rings is 2. The van der Waals surface area contributed by atoms with Crippen LogP contribution < -0.4 is 5.32 Å². The summed E-state index contributed by atoms with van der Waals surface area (Å²) >= 11 is 9.20. The number of carbonyl (C=O) groups is 1. The third-order valence-corrected chi connectivity index (χ3v) is 3.85. The van der Waals surface area contributed by atoms with Gasteiger partial charge in [-0.25, -0.2) is 9.67 Å². The Hall–Kier alpha value is -2.18. The first kappa shape index (κ1) is 15.7. The Balaban J connectivity index is 1.67. The van der Waals surface area contributed by atoms with E-state index in [1.165, 1.54) is 0 Å². The minimum Gasteiger partial charge on any atom is -0.289 e. The van der Waals surface area contributed by atoms with Crippen molar-refractivity contribution in [2.45, 2.75) is 6.54 Å². The Morgan fingerprint density at radius 1 is 1.22 bits per heavy atom. The molecule has 3 aromatic rings. The molecule has 1 heterocycles. The molecule has 116 valence electrons. The summed E-state index contributed by atoms with van der Waals surface area (Å²) in [6, 6.07) is 14.6. The first-order chi connectivity index (χ1) is 11.1. The molecule has 0 saturated carbocycles. The van der Waals surface area contributed by atoms with Gasteiger partial charge in [0.05, 0.1) is 6.54 Å². The predicted molar refractivity (Wildman–Crippen MR) is 92.7 cm³/mol. The summed E-state index contributed by atoms with van der Waals surface area (Å²) in [6.07, 6.45) is 1.57. The largest absolute Gasteiger partial charge is 0.289 e. The molecule has 2 aromatic carbocycles. The highest BCUT2D eigenvalue weighted by Gasteiger charge is 2.09. The maximum Gasteiger partial charge on any atom is 0.258 e. The van der Waals surface area contributed by atoms with Gasteiger partial charge in [0.15, 0.2) is 0 Å². The van der Waals surface area contributed by atoms with E-state index in [4.69, 9.17) is 11.6 Å². The van der Waals surface area contributed by atoms with Crippen molar-refractivity contribution in [3.05, 3.63) is 75.5 Å². The summed E-state index contributed by atoms with van der Waals surface area (Å²) in [6.45, 7) is 0.553. The summed E-state index contributed by atoms with van der Waals surface area (Å²) in [4.78, 5) is 16.2. The van der Waals surface area contributed by atoms with Crippen LogP contribution in [0.5, 0.6) is 0 Å². The molecule has 0 saturated heterocycles. The zero-order valence-electron chi connectivity index (χ0n) is 11.9. The molecule has 0 unspecified atom stereocenters. The first-order valence-corrected chi connectivity index (χ1v) is 7.98. The van der Waals surface area contributed by atoms with Crippen LogP contribution in [0.15, 0.2) is 59.3 Å². The van der Waals surface area contributed by atoms with E-state index in [1.807, 2.05) is 30.3 Å². The summed E-state index contributed by atoms with van der Waals surface area (Å²) in [5.41, 5.74) is 1.58. The van der Waals surface area contributed by atoms with Crippen LogP contribution in [0.2, 0.25) is 5.02 Å². The molecule has 0 fully saturated rings. The Morgan fingerprint density at radius 2 is 2.00 bits per heavy atom. The van der Waals surface area contributed by atoms with Crippen molar-refractivity contribution in [2.75, 3.05) is 5.32 Å². The fourth-order valence-electron chi connectivity index (χ4n) is 2.01. The van der Waals surface area contributed by atoms with Gasteiger partial charge in [-0.2, -0.15) is 0 Å². The Bertz CT molecular complexity index is 832. The second kappa shape index (κ2) is 6.93. The van der Waals surface area contributed by atoms with Crippen LogP contribution in [0.3, 0.4) is 0 Å². The molecule has 0 aliphatic carbocycles. The molecule has 1 aromatic heterocycles. The molecule has 23 heavy (non-hydrogen) atoms. The van der Waals surface area contributed by atoms with Crippen LogP contribution in [-0.2, 0) is 6.54 Å². The van der Waals surface area contributed by atoms with Crippen molar-refractivity contribution in [2.24, 2.45) is 0 Å². The van der Waals surface area contributed by atoms with E-state index < -0.39 is 0 Å². The van der Waals surface area contributed by atoms with E-state index in [0.717, 1.165) is 10.0 Å². The molecular formula is C16H12BrClN4O. The Kier molecular flexibility index (Phi) is 4.73. The van der Waals surface area contributed by atoms with Crippen LogP contribution in [0.1, 0.15) is 15.9 Å². The van der Waals surface area contributed by atoms with Gasteiger partial charge >= 0.3 is 0 Å². The van der Waals surface area contributed by atoms with Crippen molar-refractivity contribution >= 4 is 39.4 Å². The van der Waals surface area contributed by atoms with Gasteiger partial charge in [-0.05, 0) is 35.9 Å². The molecule has 0 atom stereocenters. The standard InChI is InChI=1S/C16H12BrClN4O/c17-13-3-1-2-12(8-13)15(23)20-16-19-10-22(21-16)9-11-4-6-14(18)7-5-11/h1-8,10H,9H2,(H,20,21,23). The highest BCUT2D eigenvalue weighted by molar-refractivity contribution is 9.10. The maximum absolute atomic E-state index is 12.1. The lowest BCUT2D eigenvalue weighted by Gasteiger charge is -2.02. The molecule has 1 N–H and O–H groups in total. The number of nitrogens with zero attached hydrogens (tertiary/aromatic N) is 3. The van der Waals surface area contributed by atoms with Gasteiger partial charge < -0.3 is 0 Å². The lowest BCUT2D eigenvalue weighted by molar-refractivity contribution is 0.102. The average molecular weight is 392 g/mol. The zero-order valence-corrected chi connectivity index (χ0v) is 14.3. The van der Waals surface area contributed by atoms with E-state index in [-0.39, 0.29) is 11.9 Å². The fraction of sp³-hybridized carbons (Fsp3) is 0.0625. The number of hydrogen-bond acceptors (Lipinski definition) is 3. The number of nitrogens with one attached hydrogen (secondary N) is 1. The molecule has 0 spiro atoms. The fourth-order valence-corrected chi connectivity index (χ4v) is 2.53. The summed E-state index contributed by atoms with van der Waals surface area (Å²) in [5.74, 6) is 0.0134. The third-order valence-electron chi connectivity index (χ3n) is 3.11. The average Bonchev–Trinajstić information content (AvgIpc) is 2.96. The van der Waals surface area contributed by atoms with Crippen LogP contribution in [-0.4, -0.2) is 20.7 Å². The number of hydrogen-bond donors (Lipinski definition) is 1.